The van der Waals surface area contributed by atoms with Gasteiger partial charge in [0.05, 0.1) is 6.26 Å². The summed E-state index contributed by atoms with van der Waals surface area (Å²) < 4.78 is 35.8. The molecular formula is C16H14ClN3O4S. The Bertz CT molecular complexity index is 954. The second kappa shape index (κ2) is 7.12. The van der Waals surface area contributed by atoms with E-state index in [1.165, 1.54) is 0 Å². The highest BCUT2D eigenvalue weighted by atomic mass is 35.5. The Kier molecular flexibility index (Phi) is 4.91. The molecule has 0 aliphatic heterocycles. The van der Waals surface area contributed by atoms with Crippen LogP contribution in [0.15, 0.2) is 52.9 Å². The summed E-state index contributed by atoms with van der Waals surface area (Å²) in [5.41, 5.74) is 1.22. The van der Waals surface area contributed by atoms with Crippen LogP contribution in [0.25, 0.3) is 11.5 Å². The zero-order valence-electron chi connectivity index (χ0n) is 13.1. The fourth-order valence-electron chi connectivity index (χ4n) is 2.00. The lowest BCUT2D eigenvalue weighted by atomic mass is 10.2. The van der Waals surface area contributed by atoms with Gasteiger partial charge in [-0.15, -0.1) is 10.2 Å². The molecule has 0 amide bonds. The van der Waals surface area contributed by atoms with Crippen LogP contribution in [0.3, 0.4) is 0 Å². The molecule has 3 aromatic rings. The fourth-order valence-corrected chi connectivity index (χ4v) is 2.69. The lowest BCUT2D eigenvalue weighted by Crippen LogP contribution is -2.09. The van der Waals surface area contributed by atoms with Crippen molar-refractivity contribution in [1.29, 1.82) is 0 Å². The molecule has 0 atom stereocenters. The molecule has 0 saturated carbocycles. The van der Waals surface area contributed by atoms with Crippen molar-refractivity contribution < 1.29 is 17.6 Å². The molecule has 0 spiro atoms. The van der Waals surface area contributed by atoms with Gasteiger partial charge in [0, 0.05) is 16.3 Å². The topological polar surface area (TPSA) is 94.3 Å². The van der Waals surface area contributed by atoms with Crippen molar-refractivity contribution in [2.45, 2.75) is 6.61 Å². The van der Waals surface area contributed by atoms with Crippen molar-refractivity contribution in [3.8, 4) is 17.2 Å². The number of sulfonamides is 1. The number of nitrogens with one attached hydrogen (secondary N) is 1. The molecule has 0 bridgehead atoms. The van der Waals surface area contributed by atoms with E-state index in [1.807, 2.05) is 0 Å². The second-order valence-corrected chi connectivity index (χ2v) is 7.38. The minimum absolute atomic E-state index is 0.0967. The Morgan fingerprint density at radius 2 is 1.76 bits per heavy atom. The van der Waals surface area contributed by atoms with Gasteiger partial charge in [-0.25, -0.2) is 8.42 Å². The molecule has 130 valence electrons. The first kappa shape index (κ1) is 17.2. The predicted molar refractivity (Wildman–Crippen MR) is 94.0 cm³/mol. The maximum atomic E-state index is 11.2. The SMILES string of the molecule is CS(=O)(=O)Nc1ccc(OCc2nnc(-c3ccc(Cl)cc3)o2)cc1. The molecule has 1 aromatic heterocycles. The summed E-state index contributed by atoms with van der Waals surface area (Å²) >= 11 is 5.84. The zero-order valence-corrected chi connectivity index (χ0v) is 14.7. The molecule has 25 heavy (non-hydrogen) atoms. The Morgan fingerprint density at radius 1 is 1.08 bits per heavy atom. The highest BCUT2D eigenvalue weighted by Crippen LogP contribution is 2.21. The number of hydrogen-bond acceptors (Lipinski definition) is 6. The number of halogens is 1. The number of anilines is 1. The van der Waals surface area contributed by atoms with Crippen LogP contribution in [-0.4, -0.2) is 24.9 Å². The number of nitrogens with zero attached hydrogens (tertiary/aromatic N) is 2. The summed E-state index contributed by atoms with van der Waals surface area (Å²) in [6, 6.07) is 13.5. The highest BCUT2D eigenvalue weighted by Gasteiger charge is 2.09. The third kappa shape index (κ3) is 4.94. The number of rotatable bonds is 6. The molecule has 1 N–H and O–H groups in total. The highest BCUT2D eigenvalue weighted by molar-refractivity contribution is 7.92. The van der Waals surface area contributed by atoms with Crippen LogP contribution >= 0.6 is 11.6 Å². The first-order valence-electron chi connectivity index (χ1n) is 7.18. The van der Waals surface area contributed by atoms with E-state index in [0.717, 1.165) is 11.8 Å². The van der Waals surface area contributed by atoms with Gasteiger partial charge in [0.25, 0.3) is 5.89 Å². The minimum atomic E-state index is -3.30. The van der Waals surface area contributed by atoms with Crippen LogP contribution in [0.4, 0.5) is 5.69 Å². The summed E-state index contributed by atoms with van der Waals surface area (Å²) in [5.74, 6) is 1.25. The lowest BCUT2D eigenvalue weighted by Gasteiger charge is -2.06. The normalized spacial score (nSPS) is 11.3. The van der Waals surface area contributed by atoms with E-state index >= 15 is 0 Å². The van der Waals surface area contributed by atoms with E-state index in [4.69, 9.17) is 20.8 Å². The van der Waals surface area contributed by atoms with E-state index in [9.17, 15) is 8.42 Å². The van der Waals surface area contributed by atoms with Crippen LogP contribution in [-0.2, 0) is 16.6 Å². The van der Waals surface area contributed by atoms with Crippen LogP contribution in [0, 0.1) is 0 Å². The van der Waals surface area contributed by atoms with Crippen molar-refractivity contribution in [3.05, 3.63) is 59.4 Å². The minimum Gasteiger partial charge on any atom is -0.484 e. The first-order chi connectivity index (χ1) is 11.9. The first-order valence-corrected chi connectivity index (χ1v) is 9.45. The molecule has 1 heterocycles. The maximum Gasteiger partial charge on any atom is 0.254 e. The Morgan fingerprint density at radius 3 is 2.40 bits per heavy atom. The van der Waals surface area contributed by atoms with Crippen molar-refractivity contribution in [2.24, 2.45) is 0 Å². The van der Waals surface area contributed by atoms with Crippen LogP contribution < -0.4 is 9.46 Å². The van der Waals surface area contributed by atoms with Crippen molar-refractivity contribution in [1.82, 2.24) is 10.2 Å². The number of aromatic nitrogens is 2. The summed E-state index contributed by atoms with van der Waals surface area (Å²) in [5, 5.41) is 8.52. The summed E-state index contributed by atoms with van der Waals surface area (Å²) in [4.78, 5) is 0. The molecule has 3 rings (SSSR count). The van der Waals surface area contributed by atoms with Gasteiger partial charge in [0.1, 0.15) is 5.75 Å². The molecule has 9 heteroatoms. The van der Waals surface area contributed by atoms with E-state index in [0.29, 0.717) is 28.2 Å². The number of ether oxygens (including phenoxy) is 1. The van der Waals surface area contributed by atoms with Crippen molar-refractivity contribution in [2.75, 3.05) is 11.0 Å². The van der Waals surface area contributed by atoms with Gasteiger partial charge in [0.2, 0.25) is 15.9 Å². The average molecular weight is 380 g/mol. The van der Waals surface area contributed by atoms with Crippen molar-refractivity contribution >= 4 is 27.3 Å². The quantitative estimate of drug-likeness (QED) is 0.705. The molecule has 0 radical (unpaired) electrons. The number of benzene rings is 2. The average Bonchev–Trinajstić information content (AvgIpc) is 3.02. The Labute approximate surface area is 149 Å². The van der Waals surface area contributed by atoms with Gasteiger partial charge in [-0.3, -0.25) is 4.72 Å². The van der Waals surface area contributed by atoms with E-state index in [1.54, 1.807) is 48.5 Å². The predicted octanol–water partition coefficient (Wildman–Crippen LogP) is 3.34. The standard InChI is InChI=1S/C16H14ClN3O4S/c1-25(21,22)20-13-6-8-14(9-7-13)23-10-15-18-19-16(24-15)11-2-4-12(17)5-3-11/h2-9,20H,10H2,1H3. The molecule has 7 nitrogen and oxygen atoms in total. The van der Waals surface area contributed by atoms with Crippen LogP contribution in [0.2, 0.25) is 5.02 Å². The van der Waals surface area contributed by atoms with Crippen LogP contribution in [0.5, 0.6) is 5.75 Å². The van der Waals surface area contributed by atoms with E-state index in [2.05, 4.69) is 14.9 Å². The van der Waals surface area contributed by atoms with Gasteiger partial charge in [-0.2, -0.15) is 0 Å². The molecule has 0 fully saturated rings. The second-order valence-electron chi connectivity index (χ2n) is 5.20. The van der Waals surface area contributed by atoms with Gasteiger partial charge < -0.3 is 9.15 Å². The Hall–Kier alpha value is -2.58. The molecule has 2 aromatic carbocycles. The monoisotopic (exact) mass is 379 g/mol. The molecule has 0 aliphatic rings. The third-order valence-electron chi connectivity index (χ3n) is 3.08. The Balaban J connectivity index is 1.61. The largest absolute Gasteiger partial charge is 0.484 e. The molecule has 0 unspecified atom stereocenters. The number of hydrogen-bond donors (Lipinski definition) is 1. The summed E-state index contributed by atoms with van der Waals surface area (Å²) in [6.07, 6.45) is 1.09. The molecule has 0 saturated heterocycles. The maximum absolute atomic E-state index is 11.2. The molecule has 0 aliphatic carbocycles. The zero-order chi connectivity index (χ0) is 17.9. The third-order valence-corrected chi connectivity index (χ3v) is 3.94. The van der Waals surface area contributed by atoms with Crippen molar-refractivity contribution in [3.63, 3.8) is 0 Å². The lowest BCUT2D eigenvalue weighted by molar-refractivity contribution is 0.264. The van der Waals surface area contributed by atoms with Gasteiger partial charge in [-0.1, -0.05) is 11.6 Å². The van der Waals surface area contributed by atoms with Gasteiger partial charge in [-0.05, 0) is 48.5 Å². The fraction of sp³-hybridized carbons (Fsp3) is 0.125. The summed E-state index contributed by atoms with van der Waals surface area (Å²) in [7, 11) is -3.30. The smallest absolute Gasteiger partial charge is 0.254 e. The summed E-state index contributed by atoms with van der Waals surface area (Å²) in [6.45, 7) is 0.0967. The van der Waals surface area contributed by atoms with E-state index in [-0.39, 0.29) is 6.61 Å². The molecular weight excluding hydrogens is 366 g/mol. The van der Waals surface area contributed by atoms with E-state index < -0.39 is 10.0 Å². The van der Waals surface area contributed by atoms with Gasteiger partial charge >= 0.3 is 0 Å². The van der Waals surface area contributed by atoms with Gasteiger partial charge in [0.15, 0.2) is 6.61 Å². The van der Waals surface area contributed by atoms with Crippen LogP contribution in [0.1, 0.15) is 5.89 Å².